The number of ether oxygens (including phenoxy) is 3. The van der Waals surface area contributed by atoms with Crippen molar-refractivity contribution in [2.75, 3.05) is 0 Å². The minimum Gasteiger partial charge on any atom is -0.454 e. The van der Waals surface area contributed by atoms with E-state index >= 15 is 0 Å². The van der Waals surface area contributed by atoms with Crippen molar-refractivity contribution in [2.24, 2.45) is 0 Å². The van der Waals surface area contributed by atoms with E-state index < -0.39 is 48.2 Å². The van der Waals surface area contributed by atoms with E-state index in [1.807, 2.05) is 0 Å². The first-order valence-electron chi connectivity index (χ1n) is 21.2. The number of fused-ring (bicyclic) bond motifs is 3. The predicted molar refractivity (Wildman–Crippen MR) is 198 cm³/mol. The average molecular weight is 693 g/mol. The van der Waals surface area contributed by atoms with Gasteiger partial charge in [-0.05, 0) is 19.3 Å². The highest BCUT2D eigenvalue weighted by Crippen LogP contribution is 2.40. The molecule has 1 N–H and O–H groups in total. The van der Waals surface area contributed by atoms with Gasteiger partial charge in [-0.25, -0.2) is 4.79 Å². The summed E-state index contributed by atoms with van der Waals surface area (Å²) >= 11 is 0. The summed E-state index contributed by atoms with van der Waals surface area (Å²) in [6.45, 7) is 4.53. The van der Waals surface area contributed by atoms with E-state index in [2.05, 4.69) is 13.8 Å². The van der Waals surface area contributed by atoms with Crippen LogP contribution in [0.5, 0.6) is 0 Å². The molecular formula is C42H76O7. The Morgan fingerprint density at radius 1 is 0.490 bits per heavy atom. The lowest BCUT2D eigenvalue weighted by Gasteiger charge is -2.39. The van der Waals surface area contributed by atoms with Crippen LogP contribution in [0.4, 0.5) is 0 Å². The summed E-state index contributed by atoms with van der Waals surface area (Å²) in [5.74, 6) is -4.00. The van der Waals surface area contributed by atoms with Crippen LogP contribution in [0.1, 0.15) is 232 Å². The maximum atomic E-state index is 13.1. The van der Waals surface area contributed by atoms with Crippen molar-refractivity contribution in [1.29, 1.82) is 0 Å². The number of rotatable bonds is 32. The molecule has 0 aromatic heterocycles. The van der Waals surface area contributed by atoms with Crippen molar-refractivity contribution in [3.8, 4) is 0 Å². The molecule has 2 fully saturated rings. The molecule has 7 nitrogen and oxygen atoms in total. The molecule has 0 spiro atoms. The van der Waals surface area contributed by atoms with Gasteiger partial charge in [0.15, 0.2) is 11.7 Å². The Morgan fingerprint density at radius 3 is 1.24 bits per heavy atom. The van der Waals surface area contributed by atoms with Crippen molar-refractivity contribution in [3.05, 3.63) is 0 Å². The number of unbranched alkanes of at least 4 members (excludes halogenated alkanes) is 28. The van der Waals surface area contributed by atoms with Crippen LogP contribution < -0.4 is 0 Å². The lowest BCUT2D eigenvalue weighted by molar-refractivity contribution is -0.273. The largest absolute Gasteiger partial charge is 0.454 e. The van der Waals surface area contributed by atoms with Gasteiger partial charge in [-0.2, -0.15) is 0 Å². The molecule has 0 amide bonds. The van der Waals surface area contributed by atoms with Crippen LogP contribution in [0.3, 0.4) is 0 Å². The van der Waals surface area contributed by atoms with E-state index in [-0.39, 0.29) is 6.42 Å². The molecule has 2 aliphatic rings. The van der Waals surface area contributed by atoms with E-state index in [4.69, 9.17) is 14.2 Å². The first kappa shape index (κ1) is 43.5. The Hall–Kier alpha value is -1.63. The van der Waals surface area contributed by atoms with Crippen LogP contribution >= 0.6 is 0 Å². The monoisotopic (exact) mass is 693 g/mol. The first-order chi connectivity index (χ1) is 23.8. The fraction of sp³-hybridized carbons (Fsp3) is 0.929. The summed E-state index contributed by atoms with van der Waals surface area (Å²) in [6, 6.07) is 0. The van der Waals surface area contributed by atoms with Crippen molar-refractivity contribution in [2.45, 2.75) is 250 Å². The van der Waals surface area contributed by atoms with Gasteiger partial charge in [0.1, 0.15) is 0 Å². The molecule has 2 saturated heterocycles. The van der Waals surface area contributed by atoms with Crippen LogP contribution in [-0.2, 0) is 28.6 Å². The Balaban J connectivity index is 1.69. The molecule has 0 radical (unpaired) electrons. The molecule has 49 heavy (non-hydrogen) atoms. The maximum Gasteiger partial charge on any atom is 0.342 e. The molecule has 7 heteroatoms. The van der Waals surface area contributed by atoms with Crippen molar-refractivity contribution < 1.29 is 33.7 Å². The SMILES string of the molecule is CCCCCCCCCCCCCCCCCCC1OC(=O)CC2(O)CC(=O)OC1(CCCCCCCCCCCCCCCC)OC2=O. The number of hydrogen-bond acceptors (Lipinski definition) is 7. The molecule has 3 unspecified atom stereocenters. The molecule has 2 bridgehead atoms. The zero-order valence-electron chi connectivity index (χ0n) is 32.0. The number of aliphatic hydroxyl groups is 1. The van der Waals surface area contributed by atoms with Gasteiger partial charge in [0, 0.05) is 6.42 Å². The van der Waals surface area contributed by atoms with Crippen LogP contribution in [-0.4, -0.2) is 40.5 Å². The highest BCUT2D eigenvalue weighted by atomic mass is 16.8. The van der Waals surface area contributed by atoms with Crippen LogP contribution in [0, 0.1) is 0 Å². The molecular weight excluding hydrogens is 616 g/mol. The quantitative estimate of drug-likeness (QED) is 0.0553. The molecule has 0 aromatic carbocycles. The maximum absolute atomic E-state index is 13.1. The van der Waals surface area contributed by atoms with E-state index in [1.54, 1.807) is 0 Å². The van der Waals surface area contributed by atoms with Crippen molar-refractivity contribution >= 4 is 17.9 Å². The van der Waals surface area contributed by atoms with Crippen molar-refractivity contribution in [1.82, 2.24) is 0 Å². The van der Waals surface area contributed by atoms with Gasteiger partial charge in [-0.15, -0.1) is 0 Å². The second-order valence-electron chi connectivity index (χ2n) is 15.5. The number of carbonyl (C=O) groups excluding carboxylic acids is 3. The van der Waals surface area contributed by atoms with Gasteiger partial charge < -0.3 is 19.3 Å². The normalized spacial score (nSPS) is 22.3. The third kappa shape index (κ3) is 19.0. The Bertz CT molecular complexity index is 875. The third-order valence-electron chi connectivity index (χ3n) is 10.8. The van der Waals surface area contributed by atoms with Crippen LogP contribution in [0.2, 0.25) is 0 Å². The Labute approximate surface area is 300 Å². The smallest absolute Gasteiger partial charge is 0.342 e. The van der Waals surface area contributed by atoms with Gasteiger partial charge in [0.05, 0.1) is 12.8 Å². The third-order valence-corrected chi connectivity index (χ3v) is 10.8. The second-order valence-corrected chi connectivity index (χ2v) is 15.5. The summed E-state index contributed by atoms with van der Waals surface area (Å²) in [5.41, 5.74) is -2.23. The zero-order valence-corrected chi connectivity index (χ0v) is 32.0. The molecule has 0 aliphatic carbocycles. The molecule has 2 rings (SSSR count). The second kappa shape index (κ2) is 27.1. The molecule has 2 aliphatic heterocycles. The number of cyclic esters (lactones) is 1. The summed E-state index contributed by atoms with van der Waals surface area (Å²) in [5, 5.41) is 10.9. The lowest BCUT2D eigenvalue weighted by Crippen LogP contribution is -2.55. The standard InChI is InChI=1S/C42H76O7/c1-3-5-7-9-11-13-15-17-19-20-21-23-25-27-29-31-33-37-42(48-39(44)36-41(46,40(45)49-42)35-38(43)47-37)34-32-30-28-26-24-22-18-16-14-12-10-8-6-4-2/h37,46H,3-36H2,1-2H3. The fourth-order valence-electron chi connectivity index (χ4n) is 7.59. The Kier molecular flexibility index (Phi) is 24.1. The minimum atomic E-state index is -2.23. The number of carbonyl (C=O) groups is 3. The van der Waals surface area contributed by atoms with E-state index in [9.17, 15) is 19.5 Å². The molecule has 2 heterocycles. The van der Waals surface area contributed by atoms with E-state index in [1.165, 1.54) is 148 Å². The highest BCUT2D eigenvalue weighted by molar-refractivity contribution is 5.92. The topological polar surface area (TPSA) is 99.1 Å². The fourth-order valence-corrected chi connectivity index (χ4v) is 7.59. The molecule has 3 atom stereocenters. The minimum absolute atomic E-state index is 0.273. The van der Waals surface area contributed by atoms with Gasteiger partial charge in [-0.1, -0.05) is 194 Å². The average Bonchev–Trinajstić information content (AvgIpc) is 3.13. The van der Waals surface area contributed by atoms with Gasteiger partial charge in [0.25, 0.3) is 5.79 Å². The van der Waals surface area contributed by atoms with Gasteiger partial charge >= 0.3 is 17.9 Å². The van der Waals surface area contributed by atoms with Gasteiger partial charge in [0.2, 0.25) is 0 Å². The summed E-state index contributed by atoms with van der Waals surface area (Å²) in [6.07, 6.45) is 36.0. The summed E-state index contributed by atoms with van der Waals surface area (Å²) in [4.78, 5) is 38.7. The molecule has 0 aromatic rings. The zero-order chi connectivity index (χ0) is 35.5. The van der Waals surface area contributed by atoms with Crippen LogP contribution in [0.15, 0.2) is 0 Å². The lowest BCUT2D eigenvalue weighted by atomic mass is 9.93. The molecule has 0 saturated carbocycles. The molecule has 286 valence electrons. The number of hydrogen-bond donors (Lipinski definition) is 1. The van der Waals surface area contributed by atoms with Crippen LogP contribution in [0.25, 0.3) is 0 Å². The summed E-state index contributed by atoms with van der Waals surface area (Å²) in [7, 11) is 0. The van der Waals surface area contributed by atoms with Gasteiger partial charge in [-0.3, -0.25) is 9.59 Å². The summed E-state index contributed by atoms with van der Waals surface area (Å²) < 4.78 is 17.5. The Morgan fingerprint density at radius 2 is 0.837 bits per heavy atom. The van der Waals surface area contributed by atoms with Crippen molar-refractivity contribution in [3.63, 3.8) is 0 Å². The van der Waals surface area contributed by atoms with E-state index in [0.717, 1.165) is 38.5 Å². The highest BCUT2D eigenvalue weighted by Gasteiger charge is 2.58. The first-order valence-corrected chi connectivity index (χ1v) is 21.2. The predicted octanol–water partition coefficient (Wildman–Crippen LogP) is 11.7. The van der Waals surface area contributed by atoms with E-state index in [0.29, 0.717) is 12.8 Å². The number of esters is 3.